The lowest BCUT2D eigenvalue weighted by Crippen LogP contribution is -2.53. The molecule has 0 aromatic heterocycles. The van der Waals surface area contributed by atoms with Crippen LogP contribution in [0, 0.1) is 23.7 Å². The number of carbonyl (C=O) groups is 4. The predicted octanol–water partition coefficient (Wildman–Crippen LogP) is 8.16. The lowest BCUT2D eigenvalue weighted by Gasteiger charge is -2.50. The molecule has 1 saturated carbocycles. The third-order valence-corrected chi connectivity index (χ3v) is 11.8. The SMILES string of the molecule is O=C1[C@H]2[C@H](CC=C3[C@H]2C[C@H]2C(=O)N(c4cccc(Cl)c4)C(=O)[C@@]2(c2ccccc2)[C@H]3c2ccccc2O)C(=O)N1c1ccc(Nc2ccccc2)cc1. The molecule has 5 aromatic rings. The van der Waals surface area contributed by atoms with Gasteiger partial charge in [0.25, 0.3) is 0 Å². The number of carbonyl (C=O) groups excluding carboxylic acids is 4. The van der Waals surface area contributed by atoms with E-state index in [0.717, 1.165) is 16.9 Å². The van der Waals surface area contributed by atoms with E-state index in [1.54, 1.807) is 60.7 Å². The van der Waals surface area contributed by atoms with Crippen molar-refractivity contribution in [3.8, 4) is 5.75 Å². The van der Waals surface area contributed by atoms with E-state index in [1.165, 1.54) is 9.80 Å². The molecule has 2 saturated heterocycles. The van der Waals surface area contributed by atoms with E-state index in [4.69, 9.17) is 11.6 Å². The number of hydrogen-bond donors (Lipinski definition) is 2. The second kappa shape index (κ2) is 12.6. The van der Waals surface area contributed by atoms with Gasteiger partial charge in [0.1, 0.15) is 5.75 Å². The van der Waals surface area contributed by atoms with Crippen molar-refractivity contribution in [2.24, 2.45) is 23.7 Å². The summed E-state index contributed by atoms with van der Waals surface area (Å²) in [6.07, 6.45) is 2.44. The Balaban J connectivity index is 1.16. The first-order valence-corrected chi connectivity index (χ1v) is 18.1. The Morgan fingerprint density at radius 3 is 2.06 bits per heavy atom. The zero-order chi connectivity index (χ0) is 36.4. The van der Waals surface area contributed by atoms with Crippen LogP contribution in [0.15, 0.2) is 145 Å². The van der Waals surface area contributed by atoms with E-state index >= 15 is 4.79 Å². The summed E-state index contributed by atoms with van der Waals surface area (Å²) in [5.74, 6) is -5.11. The Kier molecular flexibility index (Phi) is 7.82. The van der Waals surface area contributed by atoms with Crippen LogP contribution in [-0.4, -0.2) is 28.7 Å². The van der Waals surface area contributed by atoms with Gasteiger partial charge in [0, 0.05) is 27.9 Å². The highest BCUT2D eigenvalue weighted by molar-refractivity contribution is 6.32. The number of halogens is 1. The first-order chi connectivity index (χ1) is 25.8. The van der Waals surface area contributed by atoms with Gasteiger partial charge in [0.2, 0.25) is 23.6 Å². The first-order valence-electron chi connectivity index (χ1n) is 17.8. The van der Waals surface area contributed by atoms with Crippen molar-refractivity contribution in [3.05, 3.63) is 161 Å². The molecule has 2 aliphatic carbocycles. The fourth-order valence-electron chi connectivity index (χ4n) is 9.46. The Hall–Kier alpha value is -5.99. The summed E-state index contributed by atoms with van der Waals surface area (Å²) in [6.45, 7) is 0. The Labute approximate surface area is 311 Å². The van der Waals surface area contributed by atoms with Crippen LogP contribution < -0.4 is 15.1 Å². The number of phenolic OH excluding ortho intramolecular Hbond substituents is 1. The van der Waals surface area contributed by atoms with E-state index < -0.39 is 46.8 Å². The number of aromatic hydroxyl groups is 1. The standard InChI is InChI=1S/C44H34ClN3O5/c45-27-12-9-15-31(24-27)48-41(51)36-25-35-32(39(33-16-7-8-17-37(33)49)44(36,43(48)53)26-10-3-1-4-11-26)22-23-34-38(35)42(52)47(40(34)50)30-20-18-29(19-21-30)46-28-13-5-2-6-14-28/h1-22,24,34-36,38-39,46,49H,23,25H2/t34-,35+,36-,38-,39+,44+/m0/s1. The number of anilines is 4. The summed E-state index contributed by atoms with van der Waals surface area (Å²) in [6, 6.07) is 39.7. The summed E-state index contributed by atoms with van der Waals surface area (Å²) in [4.78, 5) is 61.5. The van der Waals surface area contributed by atoms with Gasteiger partial charge in [-0.15, -0.1) is 0 Å². The molecule has 9 heteroatoms. The number of allylic oxidation sites excluding steroid dienone is 2. The molecule has 2 heterocycles. The van der Waals surface area contributed by atoms with Crippen LogP contribution in [-0.2, 0) is 24.6 Å². The number of hydrogen-bond acceptors (Lipinski definition) is 6. The summed E-state index contributed by atoms with van der Waals surface area (Å²) < 4.78 is 0. The monoisotopic (exact) mass is 719 g/mol. The van der Waals surface area contributed by atoms with E-state index in [2.05, 4.69) is 5.32 Å². The van der Waals surface area contributed by atoms with Crippen molar-refractivity contribution in [2.45, 2.75) is 24.2 Å². The summed E-state index contributed by atoms with van der Waals surface area (Å²) in [5.41, 5.74) is 3.00. The summed E-state index contributed by atoms with van der Waals surface area (Å²) >= 11 is 6.40. The van der Waals surface area contributed by atoms with Crippen LogP contribution in [0.4, 0.5) is 22.7 Å². The number of nitrogens with one attached hydrogen (secondary N) is 1. The van der Waals surface area contributed by atoms with Crippen molar-refractivity contribution in [2.75, 3.05) is 15.1 Å². The number of para-hydroxylation sites is 2. The summed E-state index contributed by atoms with van der Waals surface area (Å²) in [7, 11) is 0. The van der Waals surface area contributed by atoms with Crippen molar-refractivity contribution >= 4 is 58.0 Å². The highest BCUT2D eigenvalue weighted by atomic mass is 35.5. The predicted molar refractivity (Wildman–Crippen MR) is 203 cm³/mol. The minimum absolute atomic E-state index is 0.0173. The fraction of sp³-hybridized carbons (Fsp3) is 0.182. The molecule has 4 amide bonds. The lowest BCUT2D eigenvalue weighted by molar-refractivity contribution is -0.127. The molecule has 0 unspecified atom stereocenters. The van der Waals surface area contributed by atoms with E-state index in [1.807, 2.05) is 78.9 Å². The molecular formula is C44H34ClN3O5. The number of imide groups is 2. The van der Waals surface area contributed by atoms with Crippen molar-refractivity contribution < 1.29 is 24.3 Å². The number of rotatable bonds is 6. The molecule has 3 fully saturated rings. The van der Waals surface area contributed by atoms with Crippen molar-refractivity contribution in [1.82, 2.24) is 0 Å². The van der Waals surface area contributed by atoms with E-state index in [9.17, 15) is 19.5 Å². The Morgan fingerprint density at radius 2 is 1.34 bits per heavy atom. The fourth-order valence-corrected chi connectivity index (χ4v) is 9.64. The first kappa shape index (κ1) is 32.9. The molecule has 53 heavy (non-hydrogen) atoms. The van der Waals surface area contributed by atoms with Gasteiger partial charge in [-0.05, 0) is 85.0 Å². The van der Waals surface area contributed by atoms with Gasteiger partial charge >= 0.3 is 0 Å². The summed E-state index contributed by atoms with van der Waals surface area (Å²) in [5, 5.41) is 15.2. The van der Waals surface area contributed by atoms with Gasteiger partial charge in [-0.25, -0.2) is 4.90 Å². The molecule has 8 nitrogen and oxygen atoms in total. The quantitative estimate of drug-likeness (QED) is 0.136. The average Bonchev–Trinajstić information content (AvgIpc) is 3.57. The molecule has 0 spiro atoms. The zero-order valence-corrected chi connectivity index (χ0v) is 29.2. The minimum Gasteiger partial charge on any atom is -0.508 e. The highest BCUT2D eigenvalue weighted by Crippen LogP contribution is 2.65. The van der Waals surface area contributed by atoms with Crippen molar-refractivity contribution in [3.63, 3.8) is 0 Å². The van der Waals surface area contributed by atoms with Gasteiger partial charge in [-0.1, -0.05) is 96.0 Å². The second-order valence-electron chi connectivity index (χ2n) is 14.2. The Bertz CT molecular complexity index is 2330. The van der Waals surface area contributed by atoms with Gasteiger partial charge in [-0.2, -0.15) is 0 Å². The molecule has 2 N–H and O–H groups in total. The number of amides is 4. The van der Waals surface area contributed by atoms with Gasteiger partial charge < -0.3 is 10.4 Å². The van der Waals surface area contributed by atoms with E-state index in [-0.39, 0.29) is 30.4 Å². The van der Waals surface area contributed by atoms with Crippen LogP contribution in [0.2, 0.25) is 5.02 Å². The maximum Gasteiger partial charge on any atom is 0.246 e. The number of benzene rings is 5. The largest absolute Gasteiger partial charge is 0.508 e. The molecular weight excluding hydrogens is 686 g/mol. The topological polar surface area (TPSA) is 107 Å². The van der Waals surface area contributed by atoms with Gasteiger partial charge in [0.05, 0.1) is 34.5 Å². The molecule has 262 valence electrons. The molecule has 0 radical (unpaired) electrons. The van der Waals surface area contributed by atoms with Crippen LogP contribution in [0.5, 0.6) is 5.75 Å². The molecule has 4 aliphatic rings. The molecule has 2 aliphatic heterocycles. The third-order valence-electron chi connectivity index (χ3n) is 11.6. The molecule has 0 bridgehead atoms. The molecule has 6 atom stereocenters. The van der Waals surface area contributed by atoms with Gasteiger partial charge in [0.15, 0.2) is 0 Å². The second-order valence-corrected chi connectivity index (χ2v) is 14.6. The van der Waals surface area contributed by atoms with Crippen LogP contribution in [0.25, 0.3) is 0 Å². The number of phenols is 1. The molecule has 5 aromatic carbocycles. The minimum atomic E-state index is -1.46. The highest BCUT2D eigenvalue weighted by Gasteiger charge is 2.70. The normalized spacial score (nSPS) is 26.2. The smallest absolute Gasteiger partial charge is 0.246 e. The van der Waals surface area contributed by atoms with Crippen LogP contribution >= 0.6 is 11.6 Å². The Morgan fingerprint density at radius 1 is 0.660 bits per heavy atom. The van der Waals surface area contributed by atoms with Crippen molar-refractivity contribution in [1.29, 1.82) is 0 Å². The van der Waals surface area contributed by atoms with Crippen LogP contribution in [0.1, 0.15) is 29.9 Å². The van der Waals surface area contributed by atoms with Crippen LogP contribution in [0.3, 0.4) is 0 Å². The number of fused-ring (bicyclic) bond motifs is 4. The molecule has 9 rings (SSSR count). The maximum atomic E-state index is 15.3. The third kappa shape index (κ3) is 4.96. The average molecular weight is 720 g/mol. The zero-order valence-electron chi connectivity index (χ0n) is 28.4. The van der Waals surface area contributed by atoms with E-state index in [0.29, 0.717) is 27.5 Å². The maximum absolute atomic E-state index is 15.3. The van der Waals surface area contributed by atoms with Gasteiger partial charge in [-0.3, -0.25) is 24.1 Å². The number of nitrogens with zero attached hydrogens (tertiary/aromatic N) is 2. The lowest BCUT2D eigenvalue weighted by atomic mass is 9.49.